The topological polar surface area (TPSA) is 89.5 Å². The lowest BCUT2D eigenvalue weighted by molar-refractivity contribution is 0.0658. The molecular formula is C12H17N3O3. The van der Waals surface area contributed by atoms with E-state index in [1.165, 1.54) is 0 Å². The number of aliphatic hydroxyl groups is 2. The molecule has 2 atom stereocenters. The number of β-amino-alcohol motifs (C(OH)–C–C–N with tert-alkyl or cyclic N) is 1. The third kappa shape index (κ3) is 1.72. The van der Waals surface area contributed by atoms with E-state index in [9.17, 15) is 15.0 Å². The predicted molar refractivity (Wildman–Crippen MR) is 63.1 cm³/mol. The molecule has 6 nitrogen and oxygen atoms in total. The first-order valence-electron chi connectivity index (χ1n) is 6.36. The predicted octanol–water partition coefficient (Wildman–Crippen LogP) is -0.534. The molecule has 3 N–H and O–H groups in total. The van der Waals surface area contributed by atoms with Crippen molar-refractivity contribution in [2.45, 2.75) is 37.8 Å². The Morgan fingerprint density at radius 3 is 3.11 bits per heavy atom. The molecule has 1 aromatic heterocycles. The maximum Gasteiger partial charge on any atom is 0.275 e. The Bertz CT molecular complexity index is 471. The summed E-state index contributed by atoms with van der Waals surface area (Å²) >= 11 is 0. The van der Waals surface area contributed by atoms with Crippen LogP contribution in [0.2, 0.25) is 0 Å². The molecule has 0 spiro atoms. The van der Waals surface area contributed by atoms with Crippen LogP contribution in [0.5, 0.6) is 0 Å². The monoisotopic (exact) mass is 251 g/mol. The fourth-order valence-corrected chi connectivity index (χ4v) is 2.95. The minimum atomic E-state index is -0.543. The van der Waals surface area contributed by atoms with E-state index in [1.807, 2.05) is 0 Å². The van der Waals surface area contributed by atoms with E-state index >= 15 is 0 Å². The van der Waals surface area contributed by atoms with Gasteiger partial charge in [0.15, 0.2) is 5.69 Å². The van der Waals surface area contributed by atoms with E-state index in [0.29, 0.717) is 12.1 Å². The zero-order valence-electron chi connectivity index (χ0n) is 10.1. The summed E-state index contributed by atoms with van der Waals surface area (Å²) in [6.45, 7) is 0.168. The van der Waals surface area contributed by atoms with Crippen LogP contribution in [0.4, 0.5) is 0 Å². The van der Waals surface area contributed by atoms with Gasteiger partial charge in [-0.15, -0.1) is 0 Å². The molecule has 1 aliphatic carbocycles. The van der Waals surface area contributed by atoms with Crippen LogP contribution in [0.25, 0.3) is 0 Å². The van der Waals surface area contributed by atoms with Gasteiger partial charge in [0.1, 0.15) is 0 Å². The summed E-state index contributed by atoms with van der Waals surface area (Å²) in [4.78, 5) is 13.9. The molecule has 1 fully saturated rings. The maximum absolute atomic E-state index is 12.4. The summed E-state index contributed by atoms with van der Waals surface area (Å²) in [5, 5.41) is 25.9. The van der Waals surface area contributed by atoms with Crippen LogP contribution in [0.15, 0.2) is 0 Å². The van der Waals surface area contributed by atoms with Crippen molar-refractivity contribution in [1.82, 2.24) is 15.1 Å². The summed E-state index contributed by atoms with van der Waals surface area (Å²) in [6.07, 6.45) is 2.78. The number of hydrogen-bond acceptors (Lipinski definition) is 4. The molecule has 0 radical (unpaired) electrons. The van der Waals surface area contributed by atoms with Crippen LogP contribution >= 0.6 is 0 Å². The molecule has 2 heterocycles. The lowest BCUT2D eigenvalue weighted by Crippen LogP contribution is -2.38. The second-order valence-corrected chi connectivity index (χ2v) is 5.07. The Morgan fingerprint density at radius 1 is 1.50 bits per heavy atom. The first-order chi connectivity index (χ1) is 8.70. The number of rotatable bonds is 2. The van der Waals surface area contributed by atoms with Gasteiger partial charge in [-0.1, -0.05) is 0 Å². The lowest BCUT2D eigenvalue weighted by atomic mass is 10.1. The van der Waals surface area contributed by atoms with Gasteiger partial charge >= 0.3 is 0 Å². The van der Waals surface area contributed by atoms with Crippen molar-refractivity contribution >= 4 is 5.91 Å². The molecule has 1 aromatic rings. The number of aromatic nitrogens is 2. The van der Waals surface area contributed by atoms with Crippen molar-refractivity contribution in [2.75, 3.05) is 13.2 Å². The molecule has 6 heteroatoms. The number of aromatic amines is 1. The van der Waals surface area contributed by atoms with E-state index in [1.54, 1.807) is 4.90 Å². The number of H-pyrrole nitrogens is 1. The Balaban J connectivity index is 1.86. The van der Waals surface area contributed by atoms with Crippen molar-refractivity contribution in [3.8, 4) is 0 Å². The Kier molecular flexibility index (Phi) is 2.83. The second-order valence-electron chi connectivity index (χ2n) is 5.07. The summed E-state index contributed by atoms with van der Waals surface area (Å²) in [6, 6.07) is -0.291. The summed E-state index contributed by atoms with van der Waals surface area (Å²) in [5.41, 5.74) is 2.53. The van der Waals surface area contributed by atoms with Gasteiger partial charge in [0, 0.05) is 17.8 Å². The van der Waals surface area contributed by atoms with E-state index in [4.69, 9.17) is 0 Å². The average molecular weight is 251 g/mol. The van der Waals surface area contributed by atoms with Gasteiger partial charge in [0.05, 0.1) is 18.8 Å². The SMILES string of the molecule is O=C(c1n[nH]c2c1CCC2)N1C[C@H](O)C[C@H]1CO. The first kappa shape index (κ1) is 11.7. The highest BCUT2D eigenvalue weighted by molar-refractivity contribution is 5.94. The number of aryl methyl sites for hydroxylation is 1. The molecule has 1 amide bonds. The normalized spacial score (nSPS) is 26.7. The fourth-order valence-electron chi connectivity index (χ4n) is 2.95. The minimum Gasteiger partial charge on any atom is -0.394 e. The molecule has 0 unspecified atom stereocenters. The number of aliphatic hydroxyl groups excluding tert-OH is 2. The number of amides is 1. The van der Waals surface area contributed by atoms with Gasteiger partial charge in [-0.2, -0.15) is 5.10 Å². The highest BCUT2D eigenvalue weighted by Gasteiger charge is 2.36. The highest BCUT2D eigenvalue weighted by Crippen LogP contribution is 2.26. The number of nitrogens with one attached hydrogen (secondary N) is 1. The maximum atomic E-state index is 12.4. The molecule has 1 saturated heterocycles. The second kappa shape index (κ2) is 4.37. The fraction of sp³-hybridized carbons (Fsp3) is 0.667. The Labute approximate surface area is 105 Å². The average Bonchev–Trinajstić information content (AvgIpc) is 3.01. The third-order valence-corrected chi connectivity index (χ3v) is 3.87. The molecule has 0 bridgehead atoms. The van der Waals surface area contributed by atoms with Crippen molar-refractivity contribution < 1.29 is 15.0 Å². The van der Waals surface area contributed by atoms with Gasteiger partial charge in [-0.05, 0) is 25.7 Å². The van der Waals surface area contributed by atoms with Crippen molar-refractivity contribution in [3.63, 3.8) is 0 Å². The Morgan fingerprint density at radius 2 is 2.33 bits per heavy atom. The number of likely N-dealkylation sites (tertiary alicyclic amines) is 1. The first-order valence-corrected chi connectivity index (χ1v) is 6.36. The van der Waals surface area contributed by atoms with Gasteiger partial charge < -0.3 is 15.1 Å². The van der Waals surface area contributed by atoms with Crippen LogP contribution < -0.4 is 0 Å². The smallest absolute Gasteiger partial charge is 0.275 e. The van der Waals surface area contributed by atoms with Crippen LogP contribution in [0, 0.1) is 0 Å². The number of nitrogens with zero attached hydrogens (tertiary/aromatic N) is 2. The van der Waals surface area contributed by atoms with Gasteiger partial charge in [0.25, 0.3) is 5.91 Å². The van der Waals surface area contributed by atoms with E-state index in [-0.39, 0.29) is 25.1 Å². The molecule has 0 saturated carbocycles. The standard InChI is InChI=1S/C12H17N3O3/c16-6-7-4-8(17)5-15(7)12(18)11-9-2-1-3-10(9)13-14-11/h7-8,16-17H,1-6H2,(H,13,14)/t7-,8+/m0/s1. The van der Waals surface area contributed by atoms with Gasteiger partial charge in [0.2, 0.25) is 0 Å². The summed E-state index contributed by atoms with van der Waals surface area (Å²) < 4.78 is 0. The van der Waals surface area contributed by atoms with Crippen molar-refractivity contribution in [3.05, 3.63) is 17.0 Å². The number of hydrogen-bond donors (Lipinski definition) is 3. The minimum absolute atomic E-state index is 0.116. The number of fused-ring (bicyclic) bond motifs is 1. The number of carbonyl (C=O) groups excluding carboxylic acids is 1. The molecule has 18 heavy (non-hydrogen) atoms. The van der Waals surface area contributed by atoms with Crippen molar-refractivity contribution in [1.29, 1.82) is 0 Å². The zero-order chi connectivity index (χ0) is 12.7. The van der Waals surface area contributed by atoms with Crippen LogP contribution in [-0.2, 0) is 12.8 Å². The third-order valence-electron chi connectivity index (χ3n) is 3.87. The van der Waals surface area contributed by atoms with E-state index in [2.05, 4.69) is 10.2 Å². The summed E-state index contributed by atoms with van der Waals surface area (Å²) in [7, 11) is 0. The van der Waals surface area contributed by atoms with Crippen molar-refractivity contribution in [2.24, 2.45) is 0 Å². The molecule has 98 valence electrons. The van der Waals surface area contributed by atoms with E-state index < -0.39 is 6.10 Å². The zero-order valence-corrected chi connectivity index (χ0v) is 10.1. The van der Waals surface area contributed by atoms with Gasteiger partial charge in [-0.25, -0.2) is 0 Å². The lowest BCUT2D eigenvalue weighted by Gasteiger charge is -2.21. The summed E-state index contributed by atoms with van der Waals surface area (Å²) in [5.74, 6) is -0.176. The highest BCUT2D eigenvalue weighted by atomic mass is 16.3. The van der Waals surface area contributed by atoms with Gasteiger partial charge in [-0.3, -0.25) is 9.89 Å². The largest absolute Gasteiger partial charge is 0.394 e. The van der Waals surface area contributed by atoms with Crippen LogP contribution in [0.1, 0.15) is 34.6 Å². The molecular weight excluding hydrogens is 234 g/mol. The molecule has 3 rings (SSSR count). The van der Waals surface area contributed by atoms with Crippen LogP contribution in [-0.4, -0.2) is 56.5 Å². The Hall–Kier alpha value is -1.40. The quantitative estimate of drug-likeness (QED) is 0.659. The molecule has 1 aliphatic heterocycles. The molecule has 2 aliphatic rings. The van der Waals surface area contributed by atoms with Crippen LogP contribution in [0.3, 0.4) is 0 Å². The molecule has 0 aromatic carbocycles. The number of carbonyl (C=O) groups is 1. The van der Waals surface area contributed by atoms with E-state index in [0.717, 1.165) is 30.5 Å².